The van der Waals surface area contributed by atoms with E-state index in [4.69, 9.17) is 14.3 Å². The highest BCUT2D eigenvalue weighted by atomic mass is 19.4. The third kappa shape index (κ3) is 5.50. The molecule has 3 rings (SSSR count). The molecule has 0 bridgehead atoms. The predicted molar refractivity (Wildman–Crippen MR) is 104 cm³/mol. The lowest BCUT2D eigenvalue weighted by Crippen LogP contribution is -2.03. The Kier molecular flexibility index (Phi) is 6.25. The molecule has 0 radical (unpaired) electrons. The van der Waals surface area contributed by atoms with E-state index in [0.717, 1.165) is 12.1 Å². The number of benzene rings is 2. The molecule has 0 amide bonds. The number of rotatable bonds is 7. The summed E-state index contributed by atoms with van der Waals surface area (Å²) < 4.78 is 48.9. The SMILES string of the molecule is Cc1oc(-c2cccc(OC/C=C/c3ccc(C(F)(F)F)cc3)c2)nc1CC(=O)O. The molecule has 0 aliphatic rings. The van der Waals surface area contributed by atoms with Crippen molar-refractivity contribution in [2.75, 3.05) is 6.61 Å². The summed E-state index contributed by atoms with van der Waals surface area (Å²) in [5.74, 6) is 0.294. The molecule has 0 saturated carbocycles. The molecule has 0 spiro atoms. The van der Waals surface area contributed by atoms with E-state index in [0.29, 0.717) is 34.2 Å². The van der Waals surface area contributed by atoms with Gasteiger partial charge in [0, 0.05) is 5.56 Å². The van der Waals surface area contributed by atoms with Gasteiger partial charge in [0.15, 0.2) is 0 Å². The van der Waals surface area contributed by atoms with Crippen LogP contribution >= 0.6 is 0 Å². The third-order valence-corrected chi connectivity index (χ3v) is 4.19. The lowest BCUT2D eigenvalue weighted by Gasteiger charge is -2.06. The standard InChI is InChI=1S/C22H18F3NO4/c1-14-19(13-20(27)28)26-21(30-14)16-5-2-6-18(12-16)29-11-3-4-15-7-9-17(10-8-15)22(23,24)25/h2-10,12H,11,13H2,1H3,(H,27,28)/b4-3+. The largest absolute Gasteiger partial charge is 0.490 e. The van der Waals surface area contributed by atoms with Gasteiger partial charge in [-0.05, 0) is 48.9 Å². The number of halogens is 3. The number of carboxylic acids is 1. The number of ether oxygens (including phenoxy) is 1. The molecule has 0 atom stereocenters. The van der Waals surface area contributed by atoms with Crippen LogP contribution in [-0.2, 0) is 17.4 Å². The maximum absolute atomic E-state index is 12.6. The van der Waals surface area contributed by atoms with Gasteiger partial charge in [-0.2, -0.15) is 13.2 Å². The van der Waals surface area contributed by atoms with Gasteiger partial charge < -0.3 is 14.3 Å². The monoisotopic (exact) mass is 417 g/mol. The van der Waals surface area contributed by atoms with Gasteiger partial charge in [-0.15, -0.1) is 0 Å². The predicted octanol–water partition coefficient (Wildman–Crippen LogP) is 5.39. The molecule has 0 aliphatic carbocycles. The van der Waals surface area contributed by atoms with E-state index in [9.17, 15) is 18.0 Å². The van der Waals surface area contributed by atoms with Gasteiger partial charge in [0.1, 0.15) is 18.1 Å². The molecule has 8 heteroatoms. The Balaban J connectivity index is 1.62. The Morgan fingerprint density at radius 3 is 2.60 bits per heavy atom. The van der Waals surface area contributed by atoms with Crippen LogP contribution in [0.25, 0.3) is 17.5 Å². The lowest BCUT2D eigenvalue weighted by atomic mass is 10.1. The third-order valence-electron chi connectivity index (χ3n) is 4.19. The summed E-state index contributed by atoms with van der Waals surface area (Å²) in [5.41, 5.74) is 0.935. The molecule has 1 aromatic heterocycles. The Bertz CT molecular complexity index is 1050. The molecular formula is C22H18F3NO4. The molecule has 0 aliphatic heterocycles. The smallest absolute Gasteiger partial charge is 0.416 e. The van der Waals surface area contributed by atoms with Crippen LogP contribution in [0.2, 0.25) is 0 Å². The van der Waals surface area contributed by atoms with Crippen LogP contribution in [0.4, 0.5) is 13.2 Å². The first-order valence-corrected chi connectivity index (χ1v) is 8.97. The highest BCUT2D eigenvalue weighted by Crippen LogP contribution is 2.29. The quantitative estimate of drug-likeness (QED) is 0.558. The Labute approximate surface area is 170 Å². The molecule has 1 heterocycles. The highest BCUT2D eigenvalue weighted by molar-refractivity contribution is 5.70. The van der Waals surface area contributed by atoms with Crippen molar-refractivity contribution in [1.29, 1.82) is 0 Å². The van der Waals surface area contributed by atoms with Crippen molar-refractivity contribution in [3.8, 4) is 17.2 Å². The summed E-state index contributed by atoms with van der Waals surface area (Å²) >= 11 is 0. The second-order valence-corrected chi connectivity index (χ2v) is 6.45. The summed E-state index contributed by atoms with van der Waals surface area (Å²) in [7, 11) is 0. The summed E-state index contributed by atoms with van der Waals surface area (Å²) in [6.45, 7) is 1.86. The molecule has 5 nitrogen and oxygen atoms in total. The number of hydrogen-bond donors (Lipinski definition) is 1. The van der Waals surface area contributed by atoms with Crippen LogP contribution in [0, 0.1) is 6.92 Å². The summed E-state index contributed by atoms with van der Waals surface area (Å²) in [4.78, 5) is 15.1. The fourth-order valence-corrected chi connectivity index (χ4v) is 2.69. The van der Waals surface area contributed by atoms with E-state index in [1.807, 2.05) is 0 Å². The van der Waals surface area contributed by atoms with Crippen molar-refractivity contribution in [3.63, 3.8) is 0 Å². The minimum atomic E-state index is -4.36. The second kappa shape index (κ2) is 8.86. The van der Waals surface area contributed by atoms with Gasteiger partial charge >= 0.3 is 12.1 Å². The fourth-order valence-electron chi connectivity index (χ4n) is 2.69. The Morgan fingerprint density at radius 1 is 1.20 bits per heavy atom. The topological polar surface area (TPSA) is 72.6 Å². The maximum atomic E-state index is 12.6. The fraction of sp³-hybridized carbons (Fsp3) is 0.182. The lowest BCUT2D eigenvalue weighted by molar-refractivity contribution is -0.138. The first-order valence-electron chi connectivity index (χ1n) is 8.97. The van der Waals surface area contributed by atoms with Gasteiger partial charge in [0.25, 0.3) is 0 Å². The number of carbonyl (C=O) groups is 1. The van der Waals surface area contributed by atoms with Crippen LogP contribution in [0.15, 0.2) is 59.0 Å². The van der Waals surface area contributed by atoms with Crippen LogP contribution in [0.3, 0.4) is 0 Å². The molecular weight excluding hydrogens is 399 g/mol. The molecule has 2 aromatic carbocycles. The number of nitrogens with zero attached hydrogens (tertiary/aromatic N) is 1. The van der Waals surface area contributed by atoms with Crippen molar-refractivity contribution in [2.45, 2.75) is 19.5 Å². The van der Waals surface area contributed by atoms with Gasteiger partial charge in [-0.1, -0.05) is 24.3 Å². The highest BCUT2D eigenvalue weighted by Gasteiger charge is 2.29. The van der Waals surface area contributed by atoms with E-state index < -0.39 is 17.7 Å². The zero-order valence-corrected chi connectivity index (χ0v) is 15.9. The normalized spacial score (nSPS) is 11.7. The van der Waals surface area contributed by atoms with E-state index in [2.05, 4.69) is 4.98 Å². The number of aliphatic carboxylic acids is 1. The van der Waals surface area contributed by atoms with Gasteiger partial charge in [0.2, 0.25) is 5.89 Å². The average Bonchev–Trinajstić information content (AvgIpc) is 3.05. The van der Waals surface area contributed by atoms with E-state index in [1.165, 1.54) is 12.1 Å². The summed E-state index contributed by atoms with van der Waals surface area (Å²) in [5, 5.41) is 8.91. The minimum Gasteiger partial charge on any atom is -0.490 e. The number of oxazole rings is 1. The number of carboxylic acid groups (broad SMARTS) is 1. The Morgan fingerprint density at radius 2 is 1.93 bits per heavy atom. The first kappa shape index (κ1) is 21.2. The van der Waals surface area contributed by atoms with Crippen LogP contribution in [-0.4, -0.2) is 22.7 Å². The van der Waals surface area contributed by atoms with E-state index >= 15 is 0 Å². The van der Waals surface area contributed by atoms with E-state index in [-0.39, 0.29) is 13.0 Å². The van der Waals surface area contributed by atoms with Crippen LogP contribution in [0.1, 0.15) is 22.6 Å². The number of hydrogen-bond acceptors (Lipinski definition) is 4. The molecule has 1 N–H and O–H groups in total. The average molecular weight is 417 g/mol. The van der Waals surface area contributed by atoms with Crippen LogP contribution < -0.4 is 4.74 Å². The molecule has 0 unspecified atom stereocenters. The second-order valence-electron chi connectivity index (χ2n) is 6.45. The number of alkyl halides is 3. The van der Waals surface area contributed by atoms with Crippen molar-refractivity contribution in [3.05, 3.63) is 77.2 Å². The van der Waals surface area contributed by atoms with E-state index in [1.54, 1.807) is 43.3 Å². The Hall–Kier alpha value is -3.55. The van der Waals surface area contributed by atoms with Crippen molar-refractivity contribution in [1.82, 2.24) is 4.98 Å². The van der Waals surface area contributed by atoms with Gasteiger partial charge in [-0.3, -0.25) is 4.79 Å². The van der Waals surface area contributed by atoms with Crippen molar-refractivity contribution < 1.29 is 32.2 Å². The van der Waals surface area contributed by atoms with Crippen molar-refractivity contribution >= 4 is 12.0 Å². The molecule has 0 saturated heterocycles. The zero-order chi connectivity index (χ0) is 21.7. The van der Waals surface area contributed by atoms with Crippen molar-refractivity contribution in [2.24, 2.45) is 0 Å². The first-order chi connectivity index (χ1) is 14.2. The minimum absolute atomic E-state index is 0.208. The number of aryl methyl sites for hydroxylation is 1. The summed E-state index contributed by atoms with van der Waals surface area (Å²) in [6.07, 6.45) is -1.22. The van der Waals surface area contributed by atoms with Gasteiger partial charge in [-0.25, -0.2) is 4.98 Å². The molecule has 3 aromatic rings. The zero-order valence-electron chi connectivity index (χ0n) is 15.9. The summed E-state index contributed by atoms with van der Waals surface area (Å²) in [6, 6.07) is 11.8. The maximum Gasteiger partial charge on any atom is 0.416 e. The van der Waals surface area contributed by atoms with Crippen LogP contribution in [0.5, 0.6) is 5.75 Å². The number of aromatic nitrogens is 1. The molecule has 30 heavy (non-hydrogen) atoms. The van der Waals surface area contributed by atoms with Gasteiger partial charge in [0.05, 0.1) is 17.7 Å². The molecule has 0 fully saturated rings. The molecule has 156 valence electrons.